The largest absolute Gasteiger partial charge is 0.355 e. The van der Waals surface area contributed by atoms with Crippen LogP contribution >= 0.6 is 0 Å². The molecule has 0 radical (unpaired) electrons. The average Bonchev–Trinajstić information content (AvgIpc) is 2.53. The third-order valence-corrected chi connectivity index (χ3v) is 3.41. The summed E-state index contributed by atoms with van der Waals surface area (Å²) in [5, 5.41) is 5.05. The van der Waals surface area contributed by atoms with E-state index in [2.05, 4.69) is 10.6 Å². The molecule has 23 heavy (non-hydrogen) atoms. The van der Waals surface area contributed by atoms with Gasteiger partial charge >= 0.3 is 6.03 Å². The molecule has 7 nitrogen and oxygen atoms in total. The van der Waals surface area contributed by atoms with Crippen LogP contribution in [-0.4, -0.2) is 43.4 Å². The van der Waals surface area contributed by atoms with Crippen LogP contribution in [0.2, 0.25) is 0 Å². The molecule has 0 fully saturated rings. The van der Waals surface area contributed by atoms with Gasteiger partial charge in [0.2, 0.25) is 5.91 Å². The Morgan fingerprint density at radius 2 is 1.78 bits per heavy atom. The summed E-state index contributed by atoms with van der Waals surface area (Å²) in [4.78, 5) is 35.6. The number of carbonyl (C=O) groups is 3. The fourth-order valence-electron chi connectivity index (χ4n) is 2.07. The smallest absolute Gasteiger partial charge is 0.312 e. The molecule has 0 atom stereocenters. The Kier molecular flexibility index (Phi) is 7.59. The monoisotopic (exact) mass is 320 g/mol. The number of hydrogen-bond donors (Lipinski definition) is 3. The molecule has 1 aromatic rings. The maximum atomic E-state index is 12.0. The fraction of sp³-hybridized carbons (Fsp3) is 0.438. The number of urea groups is 1. The first-order chi connectivity index (χ1) is 10.9. The van der Waals surface area contributed by atoms with Gasteiger partial charge < -0.3 is 21.3 Å². The number of nitrogens with zero attached hydrogens (tertiary/aromatic N) is 1. The third-order valence-electron chi connectivity index (χ3n) is 3.41. The predicted octanol–water partition coefficient (Wildman–Crippen LogP) is 0.843. The number of carbonyl (C=O) groups excluding carboxylic acids is 3. The molecule has 0 aliphatic heterocycles. The van der Waals surface area contributed by atoms with Crippen LogP contribution in [0.25, 0.3) is 0 Å². The van der Waals surface area contributed by atoms with Crippen molar-refractivity contribution in [2.75, 3.05) is 20.6 Å². The van der Waals surface area contributed by atoms with E-state index in [1.165, 1.54) is 0 Å². The molecule has 0 aliphatic rings. The summed E-state index contributed by atoms with van der Waals surface area (Å²) in [5.74, 6) is -0.0926. The van der Waals surface area contributed by atoms with Gasteiger partial charge in [-0.3, -0.25) is 9.59 Å². The van der Waals surface area contributed by atoms with E-state index in [9.17, 15) is 14.4 Å². The van der Waals surface area contributed by atoms with E-state index < -0.39 is 6.03 Å². The lowest BCUT2D eigenvalue weighted by Gasteiger charge is -2.17. The van der Waals surface area contributed by atoms with Gasteiger partial charge in [0.15, 0.2) is 0 Å². The summed E-state index contributed by atoms with van der Waals surface area (Å²) >= 11 is 0. The van der Waals surface area contributed by atoms with Gasteiger partial charge in [0.25, 0.3) is 5.91 Å². The van der Waals surface area contributed by atoms with Crippen LogP contribution in [-0.2, 0) is 11.3 Å². The number of benzene rings is 1. The van der Waals surface area contributed by atoms with Crippen molar-refractivity contribution in [1.29, 1.82) is 0 Å². The third kappa shape index (κ3) is 6.82. The molecule has 0 unspecified atom stereocenters. The van der Waals surface area contributed by atoms with E-state index in [0.29, 0.717) is 37.9 Å². The number of nitrogens with two attached hydrogens (primary N) is 1. The van der Waals surface area contributed by atoms with Gasteiger partial charge in [-0.15, -0.1) is 0 Å². The number of nitrogens with one attached hydrogen (secondary N) is 2. The quantitative estimate of drug-likeness (QED) is 0.618. The fourth-order valence-corrected chi connectivity index (χ4v) is 2.07. The molecule has 0 bridgehead atoms. The Hall–Kier alpha value is -2.57. The summed E-state index contributed by atoms with van der Waals surface area (Å²) in [6, 6.07) is 6.61. The van der Waals surface area contributed by atoms with Crippen LogP contribution in [0, 0.1) is 0 Å². The summed E-state index contributed by atoms with van der Waals surface area (Å²) in [6.45, 7) is 0.972. The highest BCUT2D eigenvalue weighted by atomic mass is 16.2. The van der Waals surface area contributed by atoms with Crippen molar-refractivity contribution < 1.29 is 14.4 Å². The molecule has 1 aromatic carbocycles. The summed E-state index contributed by atoms with van der Waals surface area (Å²) in [6.07, 6.45) is 1.83. The number of amides is 4. The average molecular weight is 320 g/mol. The van der Waals surface area contributed by atoms with Gasteiger partial charge in [-0.25, -0.2) is 4.79 Å². The van der Waals surface area contributed by atoms with Crippen molar-refractivity contribution >= 4 is 17.8 Å². The van der Waals surface area contributed by atoms with Gasteiger partial charge in [-0.05, 0) is 30.5 Å². The SMILES string of the molecule is CNC(=O)c1ccc(CN(C)C(=O)CCCCNC(N)=O)cc1. The maximum Gasteiger partial charge on any atom is 0.312 e. The van der Waals surface area contributed by atoms with Gasteiger partial charge in [0.05, 0.1) is 0 Å². The van der Waals surface area contributed by atoms with Gasteiger partial charge in [0.1, 0.15) is 0 Å². The molecule has 7 heteroatoms. The van der Waals surface area contributed by atoms with Crippen molar-refractivity contribution in [3.8, 4) is 0 Å². The van der Waals surface area contributed by atoms with E-state index in [1.54, 1.807) is 31.1 Å². The van der Waals surface area contributed by atoms with Crippen LogP contribution in [0.5, 0.6) is 0 Å². The molecule has 0 aromatic heterocycles. The topological polar surface area (TPSA) is 105 Å². The van der Waals surface area contributed by atoms with Crippen LogP contribution < -0.4 is 16.4 Å². The van der Waals surface area contributed by atoms with Crippen LogP contribution in [0.1, 0.15) is 35.2 Å². The van der Waals surface area contributed by atoms with Crippen molar-refractivity contribution in [1.82, 2.24) is 15.5 Å². The lowest BCUT2D eigenvalue weighted by Crippen LogP contribution is -2.30. The van der Waals surface area contributed by atoms with Crippen LogP contribution in [0.15, 0.2) is 24.3 Å². The predicted molar refractivity (Wildman–Crippen MR) is 87.7 cm³/mol. The minimum atomic E-state index is -0.548. The van der Waals surface area contributed by atoms with Gasteiger partial charge in [-0.2, -0.15) is 0 Å². The molecular formula is C16H24N4O3. The first-order valence-corrected chi connectivity index (χ1v) is 7.52. The molecule has 0 spiro atoms. The standard InChI is InChI=1S/C16H24N4O3/c1-18-15(22)13-8-6-12(7-9-13)11-20(2)14(21)5-3-4-10-19-16(17)23/h6-9H,3-5,10-11H2,1-2H3,(H,18,22)(H3,17,19,23). The van der Waals surface area contributed by atoms with Crippen molar-refractivity contribution in [2.45, 2.75) is 25.8 Å². The Morgan fingerprint density at radius 1 is 1.13 bits per heavy atom. The zero-order chi connectivity index (χ0) is 17.2. The van der Waals surface area contributed by atoms with E-state index in [1.807, 2.05) is 12.1 Å². The van der Waals surface area contributed by atoms with E-state index in [4.69, 9.17) is 5.73 Å². The normalized spacial score (nSPS) is 10.0. The first-order valence-electron chi connectivity index (χ1n) is 7.52. The molecule has 126 valence electrons. The highest BCUT2D eigenvalue weighted by Gasteiger charge is 2.09. The van der Waals surface area contributed by atoms with E-state index in [-0.39, 0.29) is 11.8 Å². The zero-order valence-electron chi connectivity index (χ0n) is 13.6. The highest BCUT2D eigenvalue weighted by Crippen LogP contribution is 2.08. The van der Waals surface area contributed by atoms with Gasteiger partial charge in [0, 0.05) is 39.2 Å². The lowest BCUT2D eigenvalue weighted by molar-refractivity contribution is -0.130. The number of rotatable bonds is 8. The van der Waals surface area contributed by atoms with Crippen molar-refractivity contribution in [3.63, 3.8) is 0 Å². The number of primary amides is 1. The molecular weight excluding hydrogens is 296 g/mol. The molecule has 1 rings (SSSR count). The Balaban J connectivity index is 2.36. The van der Waals surface area contributed by atoms with Crippen molar-refractivity contribution in [2.24, 2.45) is 5.73 Å². The molecule has 0 saturated carbocycles. The lowest BCUT2D eigenvalue weighted by atomic mass is 10.1. The Labute approximate surface area is 136 Å². The number of hydrogen-bond acceptors (Lipinski definition) is 3. The first kappa shape index (κ1) is 18.5. The molecule has 4 N–H and O–H groups in total. The Bertz CT molecular complexity index is 543. The van der Waals surface area contributed by atoms with Crippen LogP contribution in [0.4, 0.5) is 4.79 Å². The van der Waals surface area contributed by atoms with E-state index >= 15 is 0 Å². The molecule has 0 saturated heterocycles. The van der Waals surface area contributed by atoms with Crippen molar-refractivity contribution in [3.05, 3.63) is 35.4 Å². The van der Waals surface area contributed by atoms with E-state index in [0.717, 1.165) is 5.56 Å². The maximum absolute atomic E-state index is 12.0. The van der Waals surface area contributed by atoms with Gasteiger partial charge in [-0.1, -0.05) is 12.1 Å². The minimum absolute atomic E-state index is 0.0412. The second-order valence-electron chi connectivity index (χ2n) is 5.27. The molecule has 0 aliphatic carbocycles. The molecule has 4 amide bonds. The minimum Gasteiger partial charge on any atom is -0.355 e. The Morgan fingerprint density at radius 3 is 2.35 bits per heavy atom. The highest BCUT2D eigenvalue weighted by molar-refractivity contribution is 5.93. The van der Waals surface area contributed by atoms with Crippen LogP contribution in [0.3, 0.4) is 0 Å². The molecule has 0 heterocycles. The summed E-state index contributed by atoms with van der Waals surface area (Å²) in [7, 11) is 3.33. The number of unbranched alkanes of at least 4 members (excludes halogenated alkanes) is 1. The zero-order valence-corrected chi connectivity index (χ0v) is 13.6. The summed E-state index contributed by atoms with van der Waals surface area (Å²) in [5.41, 5.74) is 6.51. The second kappa shape index (κ2) is 9.45. The second-order valence-corrected chi connectivity index (χ2v) is 5.27. The summed E-state index contributed by atoms with van der Waals surface area (Å²) < 4.78 is 0.